The molecule has 3 aliphatic rings. The molecule has 1 heterocycles. The van der Waals surface area contributed by atoms with Crippen LogP contribution in [0.3, 0.4) is 0 Å². The molecule has 14 heteroatoms. The molecule has 0 bridgehead atoms. The molecule has 0 saturated heterocycles. The van der Waals surface area contributed by atoms with Crippen molar-refractivity contribution in [2.45, 2.75) is 75.9 Å². The highest BCUT2D eigenvalue weighted by molar-refractivity contribution is 6.03. The number of aliphatic hydroxyl groups is 2. The number of carbonyl (C=O) groups is 1. The number of allylic oxidation sites excluding steroid dienone is 1. The van der Waals surface area contributed by atoms with E-state index >= 15 is 0 Å². The predicted molar refractivity (Wildman–Crippen MR) is 234 cm³/mol. The van der Waals surface area contributed by atoms with E-state index in [2.05, 4.69) is 12.7 Å². The molecule has 6 atom stereocenters. The van der Waals surface area contributed by atoms with Crippen molar-refractivity contribution in [3.8, 4) is 17.2 Å². The molecule has 7 rings (SSSR count). The van der Waals surface area contributed by atoms with Gasteiger partial charge in [0.25, 0.3) is 5.69 Å². The molecule has 1 fully saturated rings. The number of oxime groups is 1. The lowest BCUT2D eigenvalue weighted by Gasteiger charge is -2.59. The van der Waals surface area contributed by atoms with Crippen molar-refractivity contribution >= 4 is 17.5 Å². The van der Waals surface area contributed by atoms with Gasteiger partial charge in [-0.05, 0) is 85.1 Å². The van der Waals surface area contributed by atoms with Gasteiger partial charge in [0.2, 0.25) is 5.79 Å². The molecule has 0 unspecified atom stereocenters. The van der Waals surface area contributed by atoms with Crippen LogP contribution < -0.4 is 14.2 Å². The maximum absolute atomic E-state index is 14.7. The van der Waals surface area contributed by atoms with E-state index in [4.69, 9.17) is 28.9 Å². The molecule has 2 N–H and O–H groups in total. The van der Waals surface area contributed by atoms with Crippen LogP contribution >= 0.6 is 0 Å². The zero-order chi connectivity index (χ0) is 44.3. The number of nitro groups is 1. The Balaban J connectivity index is 1.37. The van der Waals surface area contributed by atoms with Crippen LogP contribution in [0.25, 0.3) is 0 Å². The van der Waals surface area contributed by atoms with Crippen LogP contribution in [-0.2, 0) is 22.8 Å². The molecular weight excluding hydrogens is 810 g/mol. The van der Waals surface area contributed by atoms with Gasteiger partial charge in [-0.25, -0.2) is 9.18 Å². The smallest absolute Gasteiger partial charge is 0.415 e. The summed E-state index contributed by atoms with van der Waals surface area (Å²) in [4.78, 5) is 32.6. The number of non-ortho nitro benzene ring substituents is 1. The number of halogens is 1. The average molecular weight is 864 g/mol. The topological polar surface area (TPSA) is 162 Å². The van der Waals surface area contributed by atoms with E-state index in [9.17, 15) is 29.5 Å². The number of hydrogen-bond donors (Lipinski definition) is 2. The fourth-order valence-electron chi connectivity index (χ4n) is 9.29. The zero-order valence-electron chi connectivity index (χ0n) is 35.4. The lowest BCUT2D eigenvalue weighted by molar-refractivity contribution is -0.384. The standard InChI is InChI=1S/C49H54FN3O10/c1-3-27-60-49-45(52(2)48(56)62-37-21-19-36(20-22-37)53(57)58)30-43(51-61-31-33-13-5-4-6-14-33)40-28-34(15-9-11-25-54)39(17-10-12-26-55)46(47(40)49)41-29-38(23-24-44(41)63-49)59-32-35-16-7-8-18-42(35)50/h3-8,13-14,16,18-24,28-29,34,39,45-47,54-55H,1,9-12,15,17,25-27,30-32H2,2H3/t34-,39+,45-,46+,47+,49+/m0/s1. The van der Waals surface area contributed by atoms with Gasteiger partial charge in [0, 0.05) is 55.9 Å². The Morgan fingerprint density at radius 2 is 1.68 bits per heavy atom. The Hall–Kier alpha value is -6.09. The Bertz CT molecular complexity index is 2270. The Kier molecular flexibility index (Phi) is 14.9. The molecule has 2 aliphatic carbocycles. The lowest BCUT2D eigenvalue weighted by atomic mass is 9.55. The van der Waals surface area contributed by atoms with Gasteiger partial charge in [-0.1, -0.05) is 78.7 Å². The minimum absolute atomic E-state index is 0.000954. The summed E-state index contributed by atoms with van der Waals surface area (Å²) in [5.74, 6) is -1.73. The zero-order valence-corrected chi connectivity index (χ0v) is 35.4. The van der Waals surface area contributed by atoms with E-state index in [0.29, 0.717) is 35.6 Å². The minimum Gasteiger partial charge on any atom is -0.489 e. The Morgan fingerprint density at radius 3 is 2.40 bits per heavy atom. The van der Waals surface area contributed by atoms with Crippen molar-refractivity contribution in [2.24, 2.45) is 22.9 Å². The molecule has 13 nitrogen and oxygen atoms in total. The molecule has 0 aromatic heterocycles. The highest BCUT2D eigenvalue weighted by atomic mass is 19.1. The highest BCUT2D eigenvalue weighted by Crippen LogP contribution is 2.62. The quantitative estimate of drug-likeness (QED) is 0.0379. The summed E-state index contributed by atoms with van der Waals surface area (Å²) in [6.07, 6.45) is 7.47. The largest absolute Gasteiger partial charge is 0.489 e. The van der Waals surface area contributed by atoms with Crippen LogP contribution in [0.15, 0.2) is 127 Å². The summed E-state index contributed by atoms with van der Waals surface area (Å²) in [6.45, 7) is 4.32. The van der Waals surface area contributed by atoms with E-state index in [1.165, 1.54) is 35.2 Å². The normalized spacial score (nSPS) is 22.8. The van der Waals surface area contributed by atoms with Crippen LogP contribution in [0.5, 0.6) is 17.2 Å². The predicted octanol–water partition coefficient (Wildman–Crippen LogP) is 9.28. The summed E-state index contributed by atoms with van der Waals surface area (Å²) in [7, 11) is 1.60. The summed E-state index contributed by atoms with van der Waals surface area (Å²) in [6, 6.07) is 26.1. The van der Waals surface area contributed by atoms with Gasteiger partial charge >= 0.3 is 6.09 Å². The monoisotopic (exact) mass is 863 g/mol. The number of unbranched alkanes of at least 4 members (excludes halogenated alkanes) is 2. The first-order valence-electron chi connectivity index (χ1n) is 21.5. The first kappa shape index (κ1) is 44.9. The number of rotatable bonds is 20. The van der Waals surface area contributed by atoms with E-state index < -0.39 is 28.8 Å². The van der Waals surface area contributed by atoms with E-state index in [1.54, 1.807) is 37.4 Å². The van der Waals surface area contributed by atoms with Crippen LogP contribution in [0.2, 0.25) is 0 Å². The summed E-state index contributed by atoms with van der Waals surface area (Å²) in [5.41, 5.74) is 3.47. The Labute approximate surface area is 366 Å². The molecule has 4 aromatic rings. The average Bonchev–Trinajstić information content (AvgIpc) is 3.29. The first-order chi connectivity index (χ1) is 30.7. The number of hydrogen-bond acceptors (Lipinski definition) is 11. The molecular formula is C49H54FN3O10. The minimum atomic E-state index is -1.54. The number of ether oxygens (including phenoxy) is 4. The van der Waals surface area contributed by atoms with Gasteiger partial charge in [-0.3, -0.25) is 10.1 Å². The number of fused-ring (bicyclic) bond motifs is 2. The summed E-state index contributed by atoms with van der Waals surface area (Å²) >= 11 is 0. The van der Waals surface area contributed by atoms with Crippen LogP contribution in [-0.4, -0.2) is 70.5 Å². The number of carbonyl (C=O) groups excluding carboxylic acids is 1. The van der Waals surface area contributed by atoms with Crippen molar-refractivity contribution in [2.75, 3.05) is 26.9 Å². The second kappa shape index (κ2) is 20.9. The third-order valence-corrected chi connectivity index (χ3v) is 12.3. The molecule has 1 amide bonds. The van der Waals surface area contributed by atoms with Crippen LogP contribution in [0.1, 0.15) is 67.6 Å². The Morgan fingerprint density at radius 1 is 0.968 bits per heavy atom. The van der Waals surface area contributed by atoms with E-state index in [0.717, 1.165) is 42.4 Å². The number of nitrogens with zero attached hydrogens (tertiary/aromatic N) is 3. The van der Waals surface area contributed by atoms with Crippen LogP contribution in [0, 0.1) is 33.7 Å². The van der Waals surface area contributed by atoms with Crippen molar-refractivity contribution in [3.05, 3.63) is 154 Å². The number of benzene rings is 4. The summed E-state index contributed by atoms with van der Waals surface area (Å²) in [5, 5.41) is 36.0. The fraction of sp³-hybridized carbons (Fsp3) is 0.388. The van der Waals surface area contributed by atoms with Gasteiger partial charge < -0.3 is 38.9 Å². The molecule has 0 radical (unpaired) electrons. The van der Waals surface area contributed by atoms with Gasteiger partial charge in [0.05, 0.1) is 23.2 Å². The number of amides is 1. The number of aliphatic hydroxyl groups excluding tert-OH is 2. The molecule has 63 heavy (non-hydrogen) atoms. The maximum atomic E-state index is 14.7. The molecule has 1 aliphatic heterocycles. The van der Waals surface area contributed by atoms with Gasteiger partial charge in [-0.2, -0.15) is 0 Å². The molecule has 4 aromatic carbocycles. The third kappa shape index (κ3) is 10.1. The summed E-state index contributed by atoms with van der Waals surface area (Å²) < 4.78 is 40.9. The van der Waals surface area contributed by atoms with E-state index in [-0.39, 0.29) is 74.5 Å². The second-order valence-corrected chi connectivity index (χ2v) is 16.1. The third-order valence-electron chi connectivity index (χ3n) is 12.3. The van der Waals surface area contributed by atoms with Crippen molar-refractivity contribution < 1.29 is 48.1 Å². The molecule has 1 saturated carbocycles. The second-order valence-electron chi connectivity index (χ2n) is 16.1. The van der Waals surface area contributed by atoms with E-state index in [1.807, 2.05) is 42.5 Å². The van der Waals surface area contributed by atoms with Crippen LogP contribution in [0.4, 0.5) is 14.9 Å². The van der Waals surface area contributed by atoms with Crippen molar-refractivity contribution in [1.82, 2.24) is 4.90 Å². The van der Waals surface area contributed by atoms with Gasteiger partial charge in [-0.15, -0.1) is 6.58 Å². The molecule has 0 spiro atoms. The van der Waals surface area contributed by atoms with Crippen molar-refractivity contribution in [3.63, 3.8) is 0 Å². The van der Waals surface area contributed by atoms with Gasteiger partial charge in [0.15, 0.2) is 0 Å². The van der Waals surface area contributed by atoms with Crippen molar-refractivity contribution in [1.29, 1.82) is 0 Å². The number of likely N-dealkylation sites (N-methyl/N-ethyl adjacent to an activating group) is 1. The fourth-order valence-corrected chi connectivity index (χ4v) is 9.29. The van der Waals surface area contributed by atoms with Gasteiger partial charge in [0.1, 0.15) is 42.3 Å². The number of nitro benzene ring substituents is 1. The maximum Gasteiger partial charge on any atom is 0.415 e. The highest BCUT2D eigenvalue weighted by Gasteiger charge is 2.65. The molecule has 332 valence electrons. The SMILES string of the molecule is C=CCO[C@@]12Oc3ccc(OCc4ccccc4F)cc3[C@H]3[C@H](CCCCO)[C@@H](CCCCO)C=C(C(=NOCc4ccccc4)C[C@@H]1N(C)C(=O)Oc1ccc([N+](=O)[O-])cc1)[C@H]32. The lowest BCUT2D eigenvalue weighted by Crippen LogP contribution is -2.69. The first-order valence-corrected chi connectivity index (χ1v) is 21.5.